The molecular formula is C20H16FN3O2S. The molecule has 2 aromatic carbocycles. The van der Waals surface area contributed by atoms with E-state index in [0.717, 1.165) is 26.4 Å². The summed E-state index contributed by atoms with van der Waals surface area (Å²) in [6.45, 7) is 1.76. The Morgan fingerprint density at radius 1 is 1.22 bits per heavy atom. The first-order valence-corrected chi connectivity index (χ1v) is 9.16. The number of aromatic nitrogens is 2. The highest BCUT2D eigenvalue weighted by molar-refractivity contribution is 7.99. The normalized spacial score (nSPS) is 11.0. The van der Waals surface area contributed by atoms with Gasteiger partial charge in [0.2, 0.25) is 5.91 Å². The number of amides is 1. The number of aromatic amines is 1. The SMILES string of the molecule is Cc1cc(NC(=O)Cc2c(Sc3cccc(F)c3)[nH]c3ccccc23)no1. The molecule has 0 spiro atoms. The number of rotatable bonds is 5. The lowest BCUT2D eigenvalue weighted by Crippen LogP contribution is -2.14. The third-order valence-corrected chi connectivity index (χ3v) is 5.07. The monoisotopic (exact) mass is 381 g/mol. The average molecular weight is 381 g/mol. The zero-order chi connectivity index (χ0) is 18.8. The Bertz CT molecular complexity index is 1120. The summed E-state index contributed by atoms with van der Waals surface area (Å²) in [6.07, 6.45) is 0.160. The van der Waals surface area contributed by atoms with Crippen molar-refractivity contribution in [2.45, 2.75) is 23.3 Å². The van der Waals surface area contributed by atoms with E-state index in [0.29, 0.717) is 11.6 Å². The molecule has 0 saturated carbocycles. The molecule has 4 aromatic rings. The van der Waals surface area contributed by atoms with Gasteiger partial charge in [0.15, 0.2) is 5.82 Å². The molecule has 2 aromatic heterocycles. The van der Waals surface area contributed by atoms with E-state index in [2.05, 4.69) is 15.5 Å². The molecule has 0 aliphatic carbocycles. The predicted octanol–water partition coefficient (Wildman–Crippen LogP) is 4.94. The number of H-pyrrole nitrogens is 1. The molecule has 2 heterocycles. The van der Waals surface area contributed by atoms with Gasteiger partial charge in [0.1, 0.15) is 11.6 Å². The lowest BCUT2D eigenvalue weighted by Gasteiger charge is -2.05. The average Bonchev–Trinajstić information content (AvgIpc) is 3.19. The quantitative estimate of drug-likeness (QED) is 0.514. The number of nitrogens with zero attached hydrogens (tertiary/aromatic N) is 1. The van der Waals surface area contributed by atoms with Crippen molar-refractivity contribution in [3.05, 3.63) is 71.7 Å². The second-order valence-electron chi connectivity index (χ2n) is 6.09. The van der Waals surface area contributed by atoms with Gasteiger partial charge in [-0.25, -0.2) is 4.39 Å². The van der Waals surface area contributed by atoms with Crippen LogP contribution in [0.15, 0.2) is 69.0 Å². The summed E-state index contributed by atoms with van der Waals surface area (Å²) in [4.78, 5) is 16.6. The Morgan fingerprint density at radius 2 is 2.07 bits per heavy atom. The van der Waals surface area contributed by atoms with Crippen LogP contribution in [0.5, 0.6) is 0 Å². The molecule has 0 fully saturated rings. The highest BCUT2D eigenvalue weighted by atomic mass is 32.2. The molecule has 7 heteroatoms. The smallest absolute Gasteiger partial charge is 0.230 e. The summed E-state index contributed by atoms with van der Waals surface area (Å²) in [6, 6.07) is 15.8. The van der Waals surface area contributed by atoms with Crippen LogP contribution in [0.1, 0.15) is 11.3 Å². The molecule has 0 unspecified atom stereocenters. The fourth-order valence-corrected chi connectivity index (χ4v) is 3.88. The summed E-state index contributed by atoms with van der Waals surface area (Å²) in [7, 11) is 0. The van der Waals surface area contributed by atoms with Crippen LogP contribution in [0.25, 0.3) is 10.9 Å². The van der Waals surface area contributed by atoms with E-state index in [9.17, 15) is 9.18 Å². The molecule has 0 radical (unpaired) electrons. The molecule has 5 nitrogen and oxygen atoms in total. The highest BCUT2D eigenvalue weighted by Crippen LogP contribution is 2.35. The van der Waals surface area contributed by atoms with Crippen molar-refractivity contribution in [1.29, 1.82) is 0 Å². The van der Waals surface area contributed by atoms with Crippen LogP contribution in [0.4, 0.5) is 10.2 Å². The second-order valence-corrected chi connectivity index (χ2v) is 7.17. The Morgan fingerprint density at radius 3 is 2.85 bits per heavy atom. The number of hydrogen-bond acceptors (Lipinski definition) is 4. The first-order valence-electron chi connectivity index (χ1n) is 8.34. The topological polar surface area (TPSA) is 70.9 Å². The van der Waals surface area contributed by atoms with E-state index in [-0.39, 0.29) is 18.1 Å². The van der Waals surface area contributed by atoms with Crippen LogP contribution in [-0.4, -0.2) is 16.0 Å². The molecule has 27 heavy (non-hydrogen) atoms. The van der Waals surface area contributed by atoms with Crippen molar-refractivity contribution in [3.8, 4) is 0 Å². The number of carbonyl (C=O) groups excluding carboxylic acids is 1. The van der Waals surface area contributed by atoms with E-state index in [1.54, 1.807) is 19.1 Å². The van der Waals surface area contributed by atoms with Crippen molar-refractivity contribution in [3.63, 3.8) is 0 Å². The van der Waals surface area contributed by atoms with E-state index in [1.807, 2.05) is 30.3 Å². The van der Waals surface area contributed by atoms with E-state index >= 15 is 0 Å². The summed E-state index contributed by atoms with van der Waals surface area (Å²) in [5.74, 6) is 0.516. The lowest BCUT2D eigenvalue weighted by atomic mass is 10.1. The second kappa shape index (κ2) is 7.28. The first kappa shape index (κ1) is 17.4. The zero-order valence-corrected chi connectivity index (χ0v) is 15.3. The fourth-order valence-electron chi connectivity index (χ4n) is 2.86. The minimum absolute atomic E-state index is 0.160. The maximum Gasteiger partial charge on any atom is 0.230 e. The number of halogens is 1. The number of hydrogen-bond donors (Lipinski definition) is 2. The van der Waals surface area contributed by atoms with Gasteiger partial charge >= 0.3 is 0 Å². The molecule has 1 amide bonds. The minimum atomic E-state index is -0.295. The van der Waals surface area contributed by atoms with Crippen molar-refractivity contribution < 1.29 is 13.7 Å². The summed E-state index contributed by atoms with van der Waals surface area (Å²) in [5, 5.41) is 8.30. The molecule has 0 saturated heterocycles. The van der Waals surface area contributed by atoms with Gasteiger partial charge in [0.25, 0.3) is 0 Å². The van der Waals surface area contributed by atoms with Gasteiger partial charge in [-0.15, -0.1) is 0 Å². The number of aryl methyl sites for hydroxylation is 1. The van der Waals surface area contributed by atoms with Crippen LogP contribution < -0.4 is 5.32 Å². The maximum atomic E-state index is 13.5. The Labute approximate surface area is 158 Å². The molecular weight excluding hydrogens is 365 g/mol. The molecule has 2 N–H and O–H groups in total. The van der Waals surface area contributed by atoms with E-state index < -0.39 is 0 Å². The molecule has 0 bridgehead atoms. The van der Waals surface area contributed by atoms with Gasteiger partial charge < -0.3 is 14.8 Å². The van der Waals surface area contributed by atoms with Gasteiger partial charge in [-0.05, 0) is 31.2 Å². The van der Waals surface area contributed by atoms with Crippen LogP contribution in [0, 0.1) is 12.7 Å². The molecule has 0 atom stereocenters. The number of fused-ring (bicyclic) bond motifs is 1. The maximum absolute atomic E-state index is 13.5. The predicted molar refractivity (Wildman–Crippen MR) is 102 cm³/mol. The number of carbonyl (C=O) groups is 1. The summed E-state index contributed by atoms with van der Waals surface area (Å²) >= 11 is 1.40. The van der Waals surface area contributed by atoms with Crippen molar-refractivity contribution in [2.75, 3.05) is 5.32 Å². The van der Waals surface area contributed by atoms with Gasteiger partial charge in [-0.2, -0.15) is 0 Å². The Hall–Kier alpha value is -3.06. The highest BCUT2D eigenvalue weighted by Gasteiger charge is 2.17. The van der Waals surface area contributed by atoms with Gasteiger partial charge in [-0.3, -0.25) is 4.79 Å². The van der Waals surface area contributed by atoms with Crippen molar-refractivity contribution in [1.82, 2.24) is 10.1 Å². The molecule has 0 aliphatic rings. The molecule has 4 rings (SSSR count). The van der Waals surface area contributed by atoms with Crippen LogP contribution in [0.2, 0.25) is 0 Å². The van der Waals surface area contributed by atoms with Crippen LogP contribution in [0.3, 0.4) is 0 Å². The Balaban J connectivity index is 1.64. The Kier molecular flexibility index (Phi) is 4.68. The van der Waals surface area contributed by atoms with E-state index in [4.69, 9.17) is 4.52 Å². The van der Waals surface area contributed by atoms with Crippen LogP contribution >= 0.6 is 11.8 Å². The lowest BCUT2D eigenvalue weighted by molar-refractivity contribution is -0.115. The van der Waals surface area contributed by atoms with Crippen LogP contribution in [-0.2, 0) is 11.2 Å². The minimum Gasteiger partial charge on any atom is -0.360 e. The van der Waals surface area contributed by atoms with Gasteiger partial charge in [0, 0.05) is 27.4 Å². The zero-order valence-electron chi connectivity index (χ0n) is 14.5. The standard InChI is InChI=1S/C20H16FN3O2S/c1-12-9-18(24-26-12)23-19(25)11-16-15-7-2-3-8-17(15)22-20(16)27-14-6-4-5-13(21)10-14/h2-10,22H,11H2,1H3,(H,23,24,25). The van der Waals surface area contributed by atoms with Crippen molar-refractivity contribution in [2.24, 2.45) is 0 Å². The van der Waals surface area contributed by atoms with Crippen molar-refractivity contribution >= 4 is 34.4 Å². The largest absolute Gasteiger partial charge is 0.360 e. The van der Waals surface area contributed by atoms with Gasteiger partial charge in [0.05, 0.1) is 11.4 Å². The number of anilines is 1. The van der Waals surface area contributed by atoms with E-state index in [1.165, 1.54) is 23.9 Å². The third-order valence-electron chi connectivity index (χ3n) is 4.02. The third kappa shape index (κ3) is 3.88. The summed E-state index contributed by atoms with van der Waals surface area (Å²) < 4.78 is 18.5. The molecule has 136 valence electrons. The van der Waals surface area contributed by atoms with Gasteiger partial charge in [-0.1, -0.05) is 41.2 Å². The first-order chi connectivity index (χ1) is 13.1. The number of para-hydroxylation sites is 1. The fraction of sp³-hybridized carbons (Fsp3) is 0.100. The summed E-state index contributed by atoms with van der Waals surface area (Å²) in [5.41, 5.74) is 1.79. The number of benzene rings is 2. The molecule has 0 aliphatic heterocycles. The number of nitrogens with one attached hydrogen (secondary N) is 2.